The Morgan fingerprint density at radius 3 is 2.45 bits per heavy atom. The number of piperidine rings is 2. The van der Waals surface area contributed by atoms with Gasteiger partial charge in [0.15, 0.2) is 0 Å². The second kappa shape index (κ2) is 10.0. The van der Waals surface area contributed by atoms with E-state index < -0.39 is 10.0 Å². The van der Waals surface area contributed by atoms with Crippen LogP contribution in [-0.2, 0) is 27.7 Å². The number of aryl methyl sites for hydroxylation is 2. The smallest absolute Gasteiger partial charge is 0.243 e. The molecule has 4 rings (SSSR count). The Balaban J connectivity index is 1.26. The maximum atomic E-state index is 13.1. The molecule has 3 aliphatic rings. The van der Waals surface area contributed by atoms with E-state index in [1.165, 1.54) is 24.0 Å². The molecule has 2 aliphatic heterocycles. The molecule has 1 aromatic carbocycles. The molecule has 0 aromatic heterocycles. The van der Waals surface area contributed by atoms with Crippen LogP contribution in [0.25, 0.3) is 0 Å². The number of likely N-dealkylation sites (tertiary alicyclic amines) is 1. The summed E-state index contributed by atoms with van der Waals surface area (Å²) in [6.07, 6.45) is 8.82. The summed E-state index contributed by atoms with van der Waals surface area (Å²) in [5.74, 6) is 0.0335. The van der Waals surface area contributed by atoms with Crippen LogP contribution < -0.4 is 5.32 Å². The molecule has 1 aliphatic carbocycles. The molecule has 2 fully saturated rings. The maximum absolute atomic E-state index is 13.1. The lowest BCUT2D eigenvalue weighted by molar-refractivity contribution is -0.127. The summed E-state index contributed by atoms with van der Waals surface area (Å²) < 4.78 is 27.8. The van der Waals surface area contributed by atoms with Crippen LogP contribution in [-0.4, -0.2) is 62.3 Å². The topological polar surface area (TPSA) is 69.7 Å². The van der Waals surface area contributed by atoms with Gasteiger partial charge in [-0.15, -0.1) is 0 Å². The number of nitrogens with one attached hydrogen (secondary N) is 1. The minimum atomic E-state index is -3.48. The van der Waals surface area contributed by atoms with E-state index in [0.29, 0.717) is 30.8 Å². The Kier molecular flexibility index (Phi) is 7.34. The number of hydrogen-bond donors (Lipinski definition) is 1. The molecule has 0 spiro atoms. The van der Waals surface area contributed by atoms with Crippen molar-refractivity contribution in [1.29, 1.82) is 0 Å². The van der Waals surface area contributed by atoms with Gasteiger partial charge in [-0.1, -0.05) is 19.4 Å². The third kappa shape index (κ3) is 5.32. The Hall–Kier alpha value is -1.44. The van der Waals surface area contributed by atoms with Crippen molar-refractivity contribution in [1.82, 2.24) is 14.5 Å². The van der Waals surface area contributed by atoms with Crippen LogP contribution in [0.4, 0.5) is 0 Å². The van der Waals surface area contributed by atoms with Gasteiger partial charge < -0.3 is 10.2 Å². The molecule has 0 atom stereocenters. The van der Waals surface area contributed by atoms with Gasteiger partial charge in [-0.3, -0.25) is 4.79 Å². The molecular formula is C24H37N3O3S. The van der Waals surface area contributed by atoms with Gasteiger partial charge in [0.1, 0.15) is 0 Å². The Morgan fingerprint density at radius 1 is 1.03 bits per heavy atom. The van der Waals surface area contributed by atoms with E-state index in [1.807, 2.05) is 12.1 Å². The van der Waals surface area contributed by atoms with Crippen molar-refractivity contribution in [3.05, 3.63) is 29.3 Å². The minimum Gasteiger partial charge on any atom is -0.353 e. The zero-order valence-corrected chi connectivity index (χ0v) is 19.6. The van der Waals surface area contributed by atoms with Gasteiger partial charge in [-0.25, -0.2) is 8.42 Å². The molecule has 0 radical (unpaired) electrons. The summed E-state index contributed by atoms with van der Waals surface area (Å²) >= 11 is 0. The Morgan fingerprint density at radius 2 is 1.74 bits per heavy atom. The van der Waals surface area contributed by atoms with Crippen molar-refractivity contribution in [2.75, 3.05) is 32.7 Å². The third-order valence-electron chi connectivity index (χ3n) is 7.29. The van der Waals surface area contributed by atoms with E-state index in [0.717, 1.165) is 51.7 Å². The van der Waals surface area contributed by atoms with Gasteiger partial charge in [0.25, 0.3) is 0 Å². The van der Waals surface area contributed by atoms with Gasteiger partial charge >= 0.3 is 0 Å². The number of amides is 1. The fourth-order valence-corrected chi connectivity index (χ4v) is 6.74. The van der Waals surface area contributed by atoms with E-state index in [1.54, 1.807) is 10.4 Å². The first-order valence-corrected chi connectivity index (χ1v) is 13.6. The number of benzene rings is 1. The number of hydrogen-bond acceptors (Lipinski definition) is 4. The van der Waals surface area contributed by atoms with Gasteiger partial charge in [0.2, 0.25) is 15.9 Å². The van der Waals surface area contributed by atoms with Crippen LogP contribution in [0.3, 0.4) is 0 Å². The highest BCUT2D eigenvalue weighted by atomic mass is 32.2. The molecule has 31 heavy (non-hydrogen) atoms. The Bertz CT molecular complexity index is 870. The number of nitrogens with zero attached hydrogens (tertiary/aromatic N) is 2. The fourth-order valence-electron chi connectivity index (χ4n) is 5.22. The summed E-state index contributed by atoms with van der Waals surface area (Å²) in [5.41, 5.74) is 2.46. The molecule has 0 saturated carbocycles. The average Bonchev–Trinajstić information content (AvgIpc) is 3.27. The first-order chi connectivity index (χ1) is 15.0. The summed E-state index contributed by atoms with van der Waals surface area (Å²) in [6, 6.07) is 5.86. The lowest BCUT2D eigenvalue weighted by Crippen LogP contribution is -2.48. The zero-order chi connectivity index (χ0) is 21.8. The number of unbranched alkanes of at least 4 members (excludes halogenated alkanes) is 1. The summed E-state index contributed by atoms with van der Waals surface area (Å²) in [5, 5.41) is 3.25. The average molecular weight is 448 g/mol. The predicted octanol–water partition coefficient (Wildman–Crippen LogP) is 2.96. The van der Waals surface area contributed by atoms with E-state index in [2.05, 4.69) is 17.1 Å². The molecule has 172 valence electrons. The normalized spacial score (nSPS) is 21.8. The van der Waals surface area contributed by atoms with Crippen LogP contribution in [0, 0.1) is 5.92 Å². The molecule has 1 aromatic rings. The second-order valence-electron chi connectivity index (χ2n) is 9.44. The standard InChI is InChI=1S/C24H37N3O3S/c1-2-3-13-26-14-11-22(12-15-26)25-24(28)20-9-16-27(17-10-20)31(29,30)23-8-7-19-5-4-6-21(19)18-23/h7-8,18,20,22H,2-6,9-17H2,1H3,(H,25,28). The van der Waals surface area contributed by atoms with Crippen molar-refractivity contribution < 1.29 is 13.2 Å². The van der Waals surface area contributed by atoms with Crippen molar-refractivity contribution in [2.24, 2.45) is 5.92 Å². The van der Waals surface area contributed by atoms with E-state index >= 15 is 0 Å². The number of fused-ring (bicyclic) bond motifs is 1. The summed E-state index contributed by atoms with van der Waals surface area (Å²) in [7, 11) is -3.48. The number of carbonyl (C=O) groups is 1. The molecule has 1 amide bonds. The van der Waals surface area contributed by atoms with Gasteiger partial charge in [0, 0.05) is 38.1 Å². The van der Waals surface area contributed by atoms with Crippen molar-refractivity contribution >= 4 is 15.9 Å². The largest absolute Gasteiger partial charge is 0.353 e. The quantitative estimate of drug-likeness (QED) is 0.698. The molecule has 1 N–H and O–H groups in total. The molecule has 2 heterocycles. The molecule has 7 heteroatoms. The predicted molar refractivity (Wildman–Crippen MR) is 122 cm³/mol. The van der Waals surface area contributed by atoms with E-state index in [9.17, 15) is 13.2 Å². The van der Waals surface area contributed by atoms with E-state index in [4.69, 9.17) is 0 Å². The van der Waals surface area contributed by atoms with Crippen LogP contribution in [0.15, 0.2) is 23.1 Å². The summed E-state index contributed by atoms with van der Waals surface area (Å²) in [4.78, 5) is 15.7. The fraction of sp³-hybridized carbons (Fsp3) is 0.708. The SMILES string of the molecule is CCCCN1CCC(NC(=O)C2CCN(S(=O)(=O)c3ccc4c(c3)CCC4)CC2)CC1. The van der Waals surface area contributed by atoms with Gasteiger partial charge in [0.05, 0.1) is 4.90 Å². The van der Waals surface area contributed by atoms with Crippen molar-refractivity contribution in [3.63, 3.8) is 0 Å². The van der Waals surface area contributed by atoms with Gasteiger partial charge in [-0.05, 0) is 81.2 Å². The third-order valence-corrected chi connectivity index (χ3v) is 9.19. The number of rotatable bonds is 7. The molecule has 6 nitrogen and oxygen atoms in total. The number of carbonyl (C=O) groups excluding carboxylic acids is 1. The van der Waals surface area contributed by atoms with Crippen LogP contribution in [0.1, 0.15) is 63.0 Å². The van der Waals surface area contributed by atoms with Crippen LogP contribution in [0.5, 0.6) is 0 Å². The first-order valence-electron chi connectivity index (χ1n) is 12.1. The first kappa shape index (κ1) is 22.7. The molecular weight excluding hydrogens is 410 g/mol. The molecule has 0 bridgehead atoms. The monoisotopic (exact) mass is 447 g/mol. The van der Waals surface area contributed by atoms with E-state index in [-0.39, 0.29) is 17.9 Å². The minimum absolute atomic E-state index is 0.0791. The highest BCUT2D eigenvalue weighted by molar-refractivity contribution is 7.89. The second-order valence-corrected chi connectivity index (χ2v) is 11.4. The highest BCUT2D eigenvalue weighted by Gasteiger charge is 2.33. The maximum Gasteiger partial charge on any atom is 0.243 e. The molecule has 2 saturated heterocycles. The molecule has 0 unspecified atom stereocenters. The van der Waals surface area contributed by atoms with Crippen molar-refractivity contribution in [3.8, 4) is 0 Å². The van der Waals surface area contributed by atoms with Crippen molar-refractivity contribution in [2.45, 2.75) is 75.6 Å². The highest BCUT2D eigenvalue weighted by Crippen LogP contribution is 2.28. The van der Waals surface area contributed by atoms with Gasteiger partial charge in [-0.2, -0.15) is 4.31 Å². The summed E-state index contributed by atoms with van der Waals surface area (Å²) in [6.45, 7) is 6.34. The van der Waals surface area contributed by atoms with Crippen LogP contribution in [0.2, 0.25) is 0 Å². The zero-order valence-electron chi connectivity index (χ0n) is 18.8. The lowest BCUT2D eigenvalue weighted by atomic mass is 9.96. The Labute approximate surface area is 187 Å². The number of sulfonamides is 1. The van der Waals surface area contributed by atoms with Crippen LogP contribution >= 0.6 is 0 Å². The lowest BCUT2D eigenvalue weighted by Gasteiger charge is -2.34.